The molecule has 0 spiro atoms. The number of hydrogen-bond acceptors (Lipinski definition) is 3. The van der Waals surface area contributed by atoms with Crippen molar-refractivity contribution >= 4 is 5.69 Å². The Morgan fingerprint density at radius 2 is 1.63 bits per heavy atom. The summed E-state index contributed by atoms with van der Waals surface area (Å²) in [6.45, 7) is 11.2. The average molecular weight is 262 g/mol. The summed E-state index contributed by atoms with van der Waals surface area (Å²) in [5.41, 5.74) is 6.67. The van der Waals surface area contributed by atoms with Crippen LogP contribution in [0.25, 0.3) is 0 Å². The summed E-state index contributed by atoms with van der Waals surface area (Å²) in [5, 5.41) is 0. The fraction of sp³-hybridized carbons (Fsp3) is 0.625. The first-order valence-electron chi connectivity index (χ1n) is 7.08. The highest BCUT2D eigenvalue weighted by Gasteiger charge is 2.35. The summed E-state index contributed by atoms with van der Waals surface area (Å²) >= 11 is 0. The molecule has 1 aliphatic rings. The molecule has 1 aromatic rings. The molecule has 106 valence electrons. The molecule has 0 bridgehead atoms. The minimum atomic E-state index is -0.0577. The Morgan fingerprint density at radius 3 is 2.11 bits per heavy atom. The van der Waals surface area contributed by atoms with Crippen LogP contribution in [0.4, 0.5) is 5.69 Å². The Morgan fingerprint density at radius 1 is 1.11 bits per heavy atom. The number of nitrogen functional groups attached to an aromatic ring is 1. The molecule has 0 amide bonds. The van der Waals surface area contributed by atoms with Crippen molar-refractivity contribution < 1.29 is 4.74 Å². The van der Waals surface area contributed by atoms with Crippen LogP contribution in [0, 0.1) is 0 Å². The molecule has 3 nitrogen and oxygen atoms in total. The van der Waals surface area contributed by atoms with Gasteiger partial charge in [0.05, 0.1) is 0 Å². The minimum absolute atomic E-state index is 0.0577. The molecular weight excluding hydrogens is 236 g/mol. The highest BCUT2D eigenvalue weighted by Crippen LogP contribution is 2.31. The van der Waals surface area contributed by atoms with Crippen LogP contribution in [0.5, 0.6) is 5.75 Å². The quantitative estimate of drug-likeness (QED) is 0.831. The van der Waals surface area contributed by atoms with Crippen molar-refractivity contribution in [3.05, 3.63) is 24.3 Å². The van der Waals surface area contributed by atoms with Crippen LogP contribution in [-0.2, 0) is 0 Å². The predicted octanol–water partition coefficient (Wildman–Crippen LogP) is 3.30. The van der Waals surface area contributed by atoms with Crippen molar-refractivity contribution in [2.45, 2.75) is 51.7 Å². The topological polar surface area (TPSA) is 38.5 Å². The maximum absolute atomic E-state index is 6.18. The summed E-state index contributed by atoms with van der Waals surface area (Å²) in [4.78, 5) is 2.53. The van der Waals surface area contributed by atoms with Gasteiger partial charge in [0.15, 0.2) is 0 Å². The number of benzene rings is 1. The van der Waals surface area contributed by atoms with E-state index in [1.165, 1.54) is 0 Å². The molecule has 0 aliphatic carbocycles. The van der Waals surface area contributed by atoms with Crippen molar-refractivity contribution in [3.63, 3.8) is 0 Å². The number of hydrogen-bond donors (Lipinski definition) is 1. The average Bonchev–Trinajstić information content (AvgIpc) is 2.31. The van der Waals surface area contributed by atoms with E-state index in [1.807, 2.05) is 24.3 Å². The normalized spacial score (nSPS) is 20.2. The van der Waals surface area contributed by atoms with Gasteiger partial charge in [0.25, 0.3) is 0 Å². The van der Waals surface area contributed by atoms with Crippen LogP contribution in [-0.4, -0.2) is 29.1 Å². The summed E-state index contributed by atoms with van der Waals surface area (Å²) in [6, 6.07) is 7.69. The lowest BCUT2D eigenvalue weighted by atomic mass is 9.90. The lowest BCUT2D eigenvalue weighted by Crippen LogP contribution is -2.52. The third-order valence-corrected chi connectivity index (χ3v) is 4.01. The summed E-state index contributed by atoms with van der Waals surface area (Å²) < 4.78 is 6.18. The monoisotopic (exact) mass is 262 g/mol. The van der Waals surface area contributed by atoms with Crippen LogP contribution in [0.1, 0.15) is 40.5 Å². The summed E-state index contributed by atoms with van der Waals surface area (Å²) in [6.07, 6.45) is 2.13. The van der Waals surface area contributed by atoms with Gasteiger partial charge < -0.3 is 10.5 Å². The van der Waals surface area contributed by atoms with E-state index < -0.39 is 0 Å². The van der Waals surface area contributed by atoms with Gasteiger partial charge in [-0.2, -0.15) is 0 Å². The van der Waals surface area contributed by atoms with Gasteiger partial charge in [-0.25, -0.2) is 0 Å². The van der Waals surface area contributed by atoms with Crippen molar-refractivity contribution in [2.24, 2.45) is 0 Å². The number of rotatable bonds is 2. The Kier molecular flexibility index (Phi) is 3.77. The second kappa shape index (κ2) is 5.04. The summed E-state index contributed by atoms with van der Waals surface area (Å²) in [7, 11) is 0. The highest BCUT2D eigenvalue weighted by atomic mass is 16.5. The Bertz CT molecular complexity index is 411. The molecule has 0 radical (unpaired) electrons. The lowest BCUT2D eigenvalue weighted by Gasteiger charge is -2.45. The van der Waals surface area contributed by atoms with E-state index in [2.05, 4.69) is 32.6 Å². The first-order valence-corrected chi connectivity index (χ1v) is 7.08. The zero-order chi connectivity index (χ0) is 14.1. The van der Waals surface area contributed by atoms with Gasteiger partial charge in [0.2, 0.25) is 0 Å². The minimum Gasteiger partial charge on any atom is -0.487 e. The molecule has 1 heterocycles. The van der Waals surface area contributed by atoms with Gasteiger partial charge >= 0.3 is 0 Å². The first kappa shape index (κ1) is 14.2. The van der Waals surface area contributed by atoms with E-state index in [-0.39, 0.29) is 11.1 Å². The highest BCUT2D eigenvalue weighted by molar-refractivity contribution is 5.41. The van der Waals surface area contributed by atoms with Gasteiger partial charge in [-0.15, -0.1) is 0 Å². The van der Waals surface area contributed by atoms with Crippen LogP contribution in [0.15, 0.2) is 24.3 Å². The molecule has 0 atom stereocenters. The number of piperidine rings is 1. The molecule has 0 unspecified atom stereocenters. The van der Waals surface area contributed by atoms with Gasteiger partial charge in [0.1, 0.15) is 11.4 Å². The van der Waals surface area contributed by atoms with E-state index in [1.54, 1.807) is 0 Å². The van der Waals surface area contributed by atoms with Crippen LogP contribution < -0.4 is 10.5 Å². The second-order valence-corrected chi connectivity index (χ2v) is 6.78. The zero-order valence-corrected chi connectivity index (χ0v) is 12.6. The number of anilines is 1. The Labute approximate surface area is 116 Å². The van der Waals surface area contributed by atoms with E-state index >= 15 is 0 Å². The van der Waals surface area contributed by atoms with E-state index in [0.29, 0.717) is 0 Å². The maximum Gasteiger partial charge on any atom is 0.120 e. The van der Waals surface area contributed by atoms with E-state index in [4.69, 9.17) is 10.5 Å². The molecule has 1 aromatic carbocycles. The molecule has 1 saturated heterocycles. The molecule has 19 heavy (non-hydrogen) atoms. The van der Waals surface area contributed by atoms with Crippen molar-refractivity contribution in [3.8, 4) is 5.75 Å². The lowest BCUT2D eigenvalue weighted by molar-refractivity contribution is -0.0109. The van der Waals surface area contributed by atoms with E-state index in [0.717, 1.165) is 37.4 Å². The van der Waals surface area contributed by atoms with Gasteiger partial charge in [0, 0.05) is 24.3 Å². The molecule has 3 heteroatoms. The van der Waals surface area contributed by atoms with Crippen molar-refractivity contribution in [1.82, 2.24) is 4.90 Å². The van der Waals surface area contributed by atoms with Crippen LogP contribution >= 0.6 is 0 Å². The van der Waals surface area contributed by atoms with Gasteiger partial charge in [-0.1, -0.05) is 0 Å². The largest absolute Gasteiger partial charge is 0.487 e. The second-order valence-electron chi connectivity index (χ2n) is 6.78. The predicted molar refractivity (Wildman–Crippen MR) is 80.4 cm³/mol. The number of likely N-dealkylation sites (tertiary alicyclic amines) is 1. The first-order chi connectivity index (χ1) is 8.78. The van der Waals surface area contributed by atoms with Crippen LogP contribution in [0.2, 0.25) is 0 Å². The maximum atomic E-state index is 6.18. The number of ether oxygens (including phenoxy) is 1. The zero-order valence-electron chi connectivity index (χ0n) is 12.6. The fourth-order valence-electron chi connectivity index (χ4n) is 2.57. The summed E-state index contributed by atoms with van der Waals surface area (Å²) in [5.74, 6) is 0.918. The standard InChI is InChI=1S/C16H26N2O/c1-15(2,3)18-11-9-16(4,10-12-18)19-14-7-5-13(17)6-8-14/h5-8H,9-12,17H2,1-4H3. The SMILES string of the molecule is CC1(Oc2ccc(N)cc2)CCN(C(C)(C)C)CC1. The third-order valence-electron chi connectivity index (χ3n) is 4.01. The molecule has 2 rings (SSSR count). The molecule has 0 aromatic heterocycles. The molecule has 0 saturated carbocycles. The molecule has 1 aliphatic heterocycles. The van der Waals surface area contributed by atoms with Crippen molar-refractivity contribution in [2.75, 3.05) is 18.8 Å². The number of nitrogens with two attached hydrogens (primary N) is 1. The third kappa shape index (κ3) is 3.63. The van der Waals surface area contributed by atoms with E-state index in [9.17, 15) is 0 Å². The molecule has 2 N–H and O–H groups in total. The van der Waals surface area contributed by atoms with Crippen LogP contribution in [0.3, 0.4) is 0 Å². The molecule has 1 fully saturated rings. The molecular formula is C16H26N2O. The fourth-order valence-corrected chi connectivity index (χ4v) is 2.57. The Hall–Kier alpha value is -1.22. The van der Waals surface area contributed by atoms with Crippen molar-refractivity contribution in [1.29, 1.82) is 0 Å². The smallest absolute Gasteiger partial charge is 0.120 e. The number of nitrogens with zero attached hydrogens (tertiary/aromatic N) is 1. The Balaban J connectivity index is 1.96. The van der Waals surface area contributed by atoms with Gasteiger partial charge in [-0.05, 0) is 64.8 Å². The van der Waals surface area contributed by atoms with Gasteiger partial charge in [-0.3, -0.25) is 4.90 Å².